The van der Waals surface area contributed by atoms with Crippen molar-refractivity contribution in [3.63, 3.8) is 0 Å². The van der Waals surface area contributed by atoms with Crippen LogP contribution in [-0.2, 0) is 9.47 Å². The number of ether oxygens (including phenoxy) is 2. The molecule has 0 spiro atoms. The van der Waals surface area contributed by atoms with Crippen LogP contribution in [-0.4, -0.2) is 57.0 Å². The van der Waals surface area contributed by atoms with Crippen LogP contribution in [0.4, 0.5) is 0 Å². The molecule has 2 N–H and O–H groups in total. The molecule has 4 nitrogen and oxygen atoms in total. The van der Waals surface area contributed by atoms with Gasteiger partial charge in [0.2, 0.25) is 0 Å². The van der Waals surface area contributed by atoms with Gasteiger partial charge in [-0.1, -0.05) is 0 Å². The molecular weight excluding hydrogens is 228 g/mol. The summed E-state index contributed by atoms with van der Waals surface area (Å²) in [5, 5.41) is 0. The topological polar surface area (TPSA) is 47.7 Å². The summed E-state index contributed by atoms with van der Waals surface area (Å²) in [5.41, 5.74) is 5.93. The van der Waals surface area contributed by atoms with Crippen molar-refractivity contribution >= 4 is 0 Å². The van der Waals surface area contributed by atoms with Crippen LogP contribution in [0.3, 0.4) is 0 Å². The lowest BCUT2D eigenvalue weighted by atomic mass is 9.96. The number of rotatable bonds is 7. The van der Waals surface area contributed by atoms with E-state index in [1.165, 1.54) is 12.8 Å². The highest BCUT2D eigenvalue weighted by Crippen LogP contribution is 2.17. The molecule has 0 aromatic rings. The molecule has 0 saturated carbocycles. The van der Waals surface area contributed by atoms with Crippen LogP contribution in [0.1, 0.15) is 33.1 Å². The Morgan fingerprint density at radius 3 is 2.78 bits per heavy atom. The van der Waals surface area contributed by atoms with Gasteiger partial charge in [-0.25, -0.2) is 0 Å². The maximum absolute atomic E-state index is 6.17. The summed E-state index contributed by atoms with van der Waals surface area (Å²) in [5.74, 6) is 0.690. The van der Waals surface area contributed by atoms with Crippen molar-refractivity contribution in [3.8, 4) is 0 Å². The summed E-state index contributed by atoms with van der Waals surface area (Å²) in [6, 6.07) is 0.0764. The first-order valence-electron chi connectivity index (χ1n) is 7.02. The first-order valence-corrected chi connectivity index (χ1v) is 7.02. The largest absolute Gasteiger partial charge is 0.381 e. The van der Waals surface area contributed by atoms with E-state index >= 15 is 0 Å². The van der Waals surface area contributed by atoms with Gasteiger partial charge in [-0.15, -0.1) is 0 Å². The van der Waals surface area contributed by atoms with Crippen molar-refractivity contribution < 1.29 is 9.47 Å². The molecule has 18 heavy (non-hydrogen) atoms. The molecule has 0 bridgehead atoms. The summed E-state index contributed by atoms with van der Waals surface area (Å²) < 4.78 is 10.9. The molecule has 0 aromatic carbocycles. The van der Waals surface area contributed by atoms with Crippen LogP contribution in [0, 0.1) is 5.92 Å². The van der Waals surface area contributed by atoms with E-state index in [-0.39, 0.29) is 11.6 Å². The lowest BCUT2D eigenvalue weighted by Crippen LogP contribution is -2.46. The molecular formula is C14H30N2O2. The molecule has 0 aromatic heterocycles. The molecule has 1 aliphatic rings. The van der Waals surface area contributed by atoms with Gasteiger partial charge in [-0.3, -0.25) is 0 Å². The average molecular weight is 258 g/mol. The minimum absolute atomic E-state index is 0.0764. The third-order valence-corrected chi connectivity index (χ3v) is 4.07. The second-order valence-electron chi connectivity index (χ2n) is 6.05. The lowest BCUT2D eigenvalue weighted by Gasteiger charge is -2.32. The summed E-state index contributed by atoms with van der Waals surface area (Å²) in [6.45, 7) is 8.08. The zero-order valence-corrected chi connectivity index (χ0v) is 12.4. The fourth-order valence-corrected chi connectivity index (χ4v) is 2.34. The van der Waals surface area contributed by atoms with Crippen LogP contribution in [0.15, 0.2) is 0 Å². The SMILES string of the molecule is COC(C)(C)C(N)CCN(C)CC1CCCOC1. The molecule has 1 fully saturated rings. The van der Waals surface area contributed by atoms with E-state index in [2.05, 4.69) is 11.9 Å². The first-order chi connectivity index (χ1) is 8.45. The van der Waals surface area contributed by atoms with Crippen LogP contribution >= 0.6 is 0 Å². The Kier molecular flexibility index (Phi) is 6.57. The van der Waals surface area contributed by atoms with Gasteiger partial charge in [0.25, 0.3) is 0 Å². The van der Waals surface area contributed by atoms with Gasteiger partial charge in [0.1, 0.15) is 0 Å². The third kappa shape index (κ3) is 5.22. The van der Waals surface area contributed by atoms with Gasteiger partial charge in [0, 0.05) is 26.3 Å². The second-order valence-corrected chi connectivity index (χ2v) is 6.05. The maximum Gasteiger partial charge on any atom is 0.0773 e. The van der Waals surface area contributed by atoms with Crippen molar-refractivity contribution in [1.82, 2.24) is 4.90 Å². The Morgan fingerprint density at radius 1 is 1.50 bits per heavy atom. The van der Waals surface area contributed by atoms with E-state index in [1.807, 2.05) is 13.8 Å². The van der Waals surface area contributed by atoms with Crippen molar-refractivity contribution in [2.45, 2.75) is 44.8 Å². The highest BCUT2D eigenvalue weighted by atomic mass is 16.5. The second kappa shape index (κ2) is 7.43. The van der Waals surface area contributed by atoms with Crippen molar-refractivity contribution in [1.29, 1.82) is 0 Å². The van der Waals surface area contributed by atoms with Crippen molar-refractivity contribution in [2.75, 3.05) is 40.5 Å². The molecule has 0 amide bonds. The quantitative estimate of drug-likeness (QED) is 0.751. The summed E-state index contributed by atoms with van der Waals surface area (Å²) in [6.07, 6.45) is 3.46. The molecule has 4 heteroatoms. The molecule has 0 aliphatic carbocycles. The molecule has 1 aliphatic heterocycles. The van der Waals surface area contributed by atoms with E-state index in [4.69, 9.17) is 15.2 Å². The van der Waals surface area contributed by atoms with E-state index < -0.39 is 0 Å². The highest BCUT2D eigenvalue weighted by Gasteiger charge is 2.26. The van der Waals surface area contributed by atoms with Gasteiger partial charge >= 0.3 is 0 Å². The third-order valence-electron chi connectivity index (χ3n) is 4.07. The predicted molar refractivity (Wildman–Crippen MR) is 74.7 cm³/mol. The molecule has 108 valence electrons. The Hall–Kier alpha value is -0.160. The first kappa shape index (κ1) is 15.9. The molecule has 2 unspecified atom stereocenters. The van der Waals surface area contributed by atoms with Crippen LogP contribution < -0.4 is 5.73 Å². The Balaban J connectivity index is 2.21. The normalized spacial score (nSPS) is 23.3. The van der Waals surface area contributed by atoms with Crippen LogP contribution in [0.5, 0.6) is 0 Å². The van der Waals surface area contributed by atoms with Crippen LogP contribution in [0.25, 0.3) is 0 Å². The van der Waals surface area contributed by atoms with Gasteiger partial charge in [-0.05, 0) is 52.6 Å². The molecule has 1 saturated heterocycles. The summed E-state index contributed by atoms with van der Waals surface area (Å²) in [4.78, 5) is 2.37. The molecule has 1 rings (SSSR count). The number of methoxy groups -OCH3 is 1. The van der Waals surface area contributed by atoms with Crippen molar-refractivity contribution in [2.24, 2.45) is 11.7 Å². The Labute approximate surface area is 112 Å². The monoisotopic (exact) mass is 258 g/mol. The van der Waals surface area contributed by atoms with E-state index in [0.29, 0.717) is 5.92 Å². The fourth-order valence-electron chi connectivity index (χ4n) is 2.34. The molecule has 0 radical (unpaired) electrons. The number of nitrogens with two attached hydrogens (primary N) is 1. The zero-order chi connectivity index (χ0) is 13.6. The van der Waals surface area contributed by atoms with Gasteiger partial charge in [0.15, 0.2) is 0 Å². The van der Waals surface area contributed by atoms with Crippen molar-refractivity contribution in [3.05, 3.63) is 0 Å². The van der Waals surface area contributed by atoms with Crippen LogP contribution in [0.2, 0.25) is 0 Å². The van der Waals surface area contributed by atoms with Gasteiger partial charge in [0.05, 0.1) is 12.2 Å². The minimum Gasteiger partial charge on any atom is -0.381 e. The number of nitrogens with zero attached hydrogens (tertiary/aromatic N) is 1. The predicted octanol–water partition coefficient (Wildman–Crippen LogP) is 1.49. The highest BCUT2D eigenvalue weighted by molar-refractivity contribution is 4.83. The standard InChI is InChI=1S/C14H30N2O2/c1-14(2,17-4)13(15)7-8-16(3)10-12-6-5-9-18-11-12/h12-13H,5-11,15H2,1-4H3. The Morgan fingerprint density at radius 2 is 2.22 bits per heavy atom. The minimum atomic E-state index is -0.241. The summed E-state index contributed by atoms with van der Waals surface area (Å²) in [7, 11) is 3.89. The number of hydrogen-bond acceptors (Lipinski definition) is 4. The summed E-state index contributed by atoms with van der Waals surface area (Å²) >= 11 is 0. The lowest BCUT2D eigenvalue weighted by molar-refractivity contribution is -0.00457. The van der Waals surface area contributed by atoms with Gasteiger partial charge < -0.3 is 20.1 Å². The maximum atomic E-state index is 6.17. The average Bonchev–Trinajstić information content (AvgIpc) is 2.37. The fraction of sp³-hybridized carbons (Fsp3) is 1.00. The molecule has 1 heterocycles. The van der Waals surface area contributed by atoms with Gasteiger partial charge in [-0.2, -0.15) is 0 Å². The van der Waals surface area contributed by atoms with E-state index in [1.54, 1.807) is 7.11 Å². The zero-order valence-electron chi connectivity index (χ0n) is 12.4. The van der Waals surface area contributed by atoms with E-state index in [0.717, 1.165) is 32.7 Å². The number of hydrogen-bond donors (Lipinski definition) is 1. The van der Waals surface area contributed by atoms with E-state index in [9.17, 15) is 0 Å². The Bertz CT molecular complexity index is 228. The molecule has 2 atom stereocenters. The smallest absolute Gasteiger partial charge is 0.0773 e.